The van der Waals surface area contributed by atoms with Gasteiger partial charge in [0.15, 0.2) is 5.75 Å². The number of amides is 1. The largest absolute Gasteiger partial charge is 0.448 e. The van der Waals surface area contributed by atoms with Crippen LogP contribution >= 0.6 is 0 Å². The molecule has 0 aromatic heterocycles. The molecule has 146 valence electrons. The molecule has 1 fully saturated rings. The Morgan fingerprint density at radius 1 is 1.14 bits per heavy atom. The maximum atomic E-state index is 14.1. The molecule has 1 heterocycles. The number of aliphatic hydroxyl groups excluding tert-OH is 1. The third-order valence-corrected chi connectivity index (χ3v) is 5.24. The molecule has 28 heavy (non-hydrogen) atoms. The van der Waals surface area contributed by atoms with Crippen LogP contribution in [0.15, 0.2) is 60.5 Å². The summed E-state index contributed by atoms with van der Waals surface area (Å²) in [5.41, 5.74) is 1.29. The molecule has 1 aliphatic carbocycles. The maximum Gasteiger partial charge on any atom is 0.288 e. The Hall–Kier alpha value is -2.86. The number of nitrogens with one attached hydrogen (secondary N) is 1. The average Bonchev–Trinajstić information content (AvgIpc) is 2.71. The van der Waals surface area contributed by atoms with Crippen LogP contribution in [0.3, 0.4) is 0 Å². The summed E-state index contributed by atoms with van der Waals surface area (Å²) in [5, 5.41) is 13.0. The van der Waals surface area contributed by atoms with E-state index in [1.807, 2.05) is 23.1 Å². The highest BCUT2D eigenvalue weighted by molar-refractivity contribution is 5.93. The van der Waals surface area contributed by atoms with Gasteiger partial charge < -0.3 is 20.1 Å². The van der Waals surface area contributed by atoms with Crippen molar-refractivity contribution in [1.29, 1.82) is 0 Å². The van der Waals surface area contributed by atoms with Crippen molar-refractivity contribution < 1.29 is 19.0 Å². The van der Waals surface area contributed by atoms with Crippen LogP contribution in [0.25, 0.3) is 0 Å². The van der Waals surface area contributed by atoms with Gasteiger partial charge in [0.25, 0.3) is 5.91 Å². The van der Waals surface area contributed by atoms with Crippen LogP contribution in [0.2, 0.25) is 0 Å². The predicted octanol–water partition coefficient (Wildman–Crippen LogP) is 3.49. The lowest BCUT2D eigenvalue weighted by atomic mass is 9.92. The van der Waals surface area contributed by atoms with Gasteiger partial charge in [0.1, 0.15) is 5.82 Å². The number of carbonyl (C=O) groups is 1. The Bertz CT molecular complexity index is 899. The zero-order valence-electron chi connectivity index (χ0n) is 15.5. The van der Waals surface area contributed by atoms with Crippen molar-refractivity contribution in [2.45, 2.75) is 44.4 Å². The van der Waals surface area contributed by atoms with Crippen molar-refractivity contribution in [2.75, 3.05) is 4.90 Å². The van der Waals surface area contributed by atoms with E-state index >= 15 is 0 Å². The van der Waals surface area contributed by atoms with Crippen molar-refractivity contribution >= 4 is 11.6 Å². The summed E-state index contributed by atoms with van der Waals surface area (Å²) in [5.74, 6) is -0.00122. The first-order chi connectivity index (χ1) is 13.6. The highest BCUT2D eigenvalue weighted by Gasteiger charge is 2.29. The standard InChI is InChI=1S/C22H23FN2O3/c23-16-8-2-1-7-15(16)13-25-14-21(28-20-12-6-4-10-18(20)25)22(27)24-17-9-3-5-11-19(17)26/h1-2,4,6-8,10,12,14,17,19,26H,3,5,9,11,13H2,(H,24,27)/t17-,19-/m1/s1. The van der Waals surface area contributed by atoms with Crippen LogP contribution in [0, 0.1) is 5.82 Å². The molecular formula is C22H23FN2O3. The minimum atomic E-state index is -0.538. The minimum Gasteiger partial charge on any atom is -0.448 e. The number of ether oxygens (including phenoxy) is 1. The first-order valence-corrected chi connectivity index (χ1v) is 9.59. The van der Waals surface area contributed by atoms with E-state index < -0.39 is 6.10 Å². The first-order valence-electron chi connectivity index (χ1n) is 9.59. The number of nitrogens with zero attached hydrogens (tertiary/aromatic N) is 1. The van der Waals surface area contributed by atoms with E-state index in [4.69, 9.17) is 4.74 Å². The van der Waals surface area contributed by atoms with Gasteiger partial charge in [0, 0.05) is 5.56 Å². The highest BCUT2D eigenvalue weighted by Crippen LogP contribution is 2.35. The Morgan fingerprint density at radius 2 is 1.89 bits per heavy atom. The molecule has 1 aliphatic heterocycles. The predicted molar refractivity (Wildman–Crippen MR) is 104 cm³/mol. The molecule has 1 amide bonds. The van der Waals surface area contributed by atoms with Gasteiger partial charge in [-0.1, -0.05) is 43.2 Å². The van der Waals surface area contributed by atoms with Crippen molar-refractivity contribution in [2.24, 2.45) is 0 Å². The van der Waals surface area contributed by atoms with Crippen molar-refractivity contribution in [3.8, 4) is 5.75 Å². The van der Waals surface area contributed by atoms with Gasteiger partial charge in [-0.2, -0.15) is 0 Å². The number of benzene rings is 2. The molecule has 0 bridgehead atoms. The average molecular weight is 382 g/mol. The Balaban J connectivity index is 1.58. The zero-order chi connectivity index (χ0) is 19.5. The molecule has 0 unspecified atom stereocenters. The monoisotopic (exact) mass is 382 g/mol. The lowest BCUT2D eigenvalue weighted by Crippen LogP contribution is -2.46. The molecule has 1 saturated carbocycles. The van der Waals surface area contributed by atoms with Crippen LogP contribution in [0.1, 0.15) is 31.2 Å². The summed E-state index contributed by atoms with van der Waals surface area (Å²) < 4.78 is 19.9. The number of para-hydroxylation sites is 2. The Morgan fingerprint density at radius 3 is 2.71 bits per heavy atom. The van der Waals surface area contributed by atoms with E-state index in [1.54, 1.807) is 30.5 Å². The van der Waals surface area contributed by atoms with Gasteiger partial charge in [0.2, 0.25) is 5.76 Å². The molecule has 2 aromatic rings. The summed E-state index contributed by atoms with van der Waals surface area (Å²) in [6.07, 6.45) is 4.44. The summed E-state index contributed by atoms with van der Waals surface area (Å²) in [6, 6.07) is 13.6. The zero-order valence-corrected chi connectivity index (χ0v) is 15.5. The maximum absolute atomic E-state index is 14.1. The SMILES string of the molecule is O=C(N[C@@H]1CCCC[C@H]1O)C1=CN(Cc2ccccc2F)c2ccccc2O1. The Labute approximate surface area is 163 Å². The molecule has 0 spiro atoms. The number of halogens is 1. The normalized spacial score (nSPS) is 21.4. The summed E-state index contributed by atoms with van der Waals surface area (Å²) >= 11 is 0. The molecule has 2 atom stereocenters. The molecule has 2 aromatic carbocycles. The highest BCUT2D eigenvalue weighted by atomic mass is 19.1. The second-order valence-electron chi connectivity index (χ2n) is 7.21. The van der Waals surface area contributed by atoms with E-state index in [0.717, 1.165) is 24.9 Å². The lowest BCUT2D eigenvalue weighted by molar-refractivity contribution is -0.121. The Kier molecular flexibility index (Phi) is 5.30. The number of rotatable bonds is 4. The fraction of sp³-hybridized carbons (Fsp3) is 0.318. The van der Waals surface area contributed by atoms with E-state index in [0.29, 0.717) is 17.7 Å². The van der Waals surface area contributed by atoms with Gasteiger partial charge in [0.05, 0.1) is 30.6 Å². The summed E-state index contributed by atoms with van der Waals surface area (Å²) in [6.45, 7) is 0.274. The third kappa shape index (κ3) is 3.87. The molecule has 5 nitrogen and oxygen atoms in total. The second kappa shape index (κ2) is 8.02. The molecule has 0 radical (unpaired) electrons. The molecule has 2 aliphatic rings. The van der Waals surface area contributed by atoms with Gasteiger partial charge >= 0.3 is 0 Å². The molecule has 6 heteroatoms. The summed E-state index contributed by atoms with van der Waals surface area (Å²) in [7, 11) is 0. The van der Waals surface area contributed by atoms with Crippen LogP contribution in [-0.4, -0.2) is 23.2 Å². The van der Waals surface area contributed by atoms with Crippen LogP contribution < -0.4 is 15.0 Å². The van der Waals surface area contributed by atoms with Crippen LogP contribution in [0.4, 0.5) is 10.1 Å². The van der Waals surface area contributed by atoms with Crippen LogP contribution in [0.5, 0.6) is 5.75 Å². The second-order valence-corrected chi connectivity index (χ2v) is 7.21. The van der Waals surface area contributed by atoms with Crippen molar-refractivity contribution in [1.82, 2.24) is 5.32 Å². The van der Waals surface area contributed by atoms with E-state index in [9.17, 15) is 14.3 Å². The third-order valence-electron chi connectivity index (χ3n) is 5.24. The minimum absolute atomic E-state index is 0.132. The number of anilines is 1. The lowest BCUT2D eigenvalue weighted by Gasteiger charge is -2.31. The van der Waals surface area contributed by atoms with E-state index in [-0.39, 0.29) is 30.1 Å². The fourth-order valence-electron chi connectivity index (χ4n) is 3.70. The first kappa shape index (κ1) is 18.5. The fourth-order valence-corrected chi connectivity index (χ4v) is 3.70. The van der Waals surface area contributed by atoms with Gasteiger partial charge in [-0.3, -0.25) is 4.79 Å². The number of hydrogen-bond acceptors (Lipinski definition) is 4. The number of fused-ring (bicyclic) bond motifs is 1. The van der Waals surface area contributed by atoms with Gasteiger partial charge in [-0.15, -0.1) is 0 Å². The van der Waals surface area contributed by atoms with Gasteiger partial charge in [-0.25, -0.2) is 4.39 Å². The van der Waals surface area contributed by atoms with Crippen LogP contribution in [-0.2, 0) is 11.3 Å². The summed E-state index contributed by atoms with van der Waals surface area (Å²) in [4.78, 5) is 14.6. The smallest absolute Gasteiger partial charge is 0.288 e. The number of carbonyl (C=O) groups excluding carboxylic acids is 1. The molecule has 0 saturated heterocycles. The van der Waals surface area contributed by atoms with E-state index in [1.165, 1.54) is 6.07 Å². The number of hydrogen-bond donors (Lipinski definition) is 2. The van der Waals surface area contributed by atoms with Crippen molar-refractivity contribution in [3.05, 3.63) is 71.9 Å². The molecule has 2 N–H and O–H groups in total. The van der Waals surface area contributed by atoms with Crippen molar-refractivity contribution in [3.63, 3.8) is 0 Å². The molecular weight excluding hydrogens is 359 g/mol. The quantitative estimate of drug-likeness (QED) is 0.850. The molecule has 4 rings (SSSR count). The van der Waals surface area contributed by atoms with Gasteiger partial charge in [-0.05, 0) is 31.0 Å². The van der Waals surface area contributed by atoms with E-state index in [2.05, 4.69) is 5.32 Å². The topological polar surface area (TPSA) is 61.8 Å². The number of aliphatic hydroxyl groups is 1.